The number of rotatable bonds is 5. The lowest BCUT2D eigenvalue weighted by Gasteiger charge is -2.27. The molecule has 0 unspecified atom stereocenters. The maximum Gasteiger partial charge on any atom is 0.261 e. The summed E-state index contributed by atoms with van der Waals surface area (Å²) in [7, 11) is 1.55. The lowest BCUT2D eigenvalue weighted by atomic mass is 9.91. The van der Waals surface area contributed by atoms with Crippen molar-refractivity contribution in [3.8, 4) is 5.75 Å². The summed E-state index contributed by atoms with van der Waals surface area (Å²) in [5.74, 6) is -1.13. The van der Waals surface area contributed by atoms with Crippen molar-refractivity contribution in [2.75, 3.05) is 20.3 Å². The molecule has 2 aromatic rings. The van der Waals surface area contributed by atoms with Gasteiger partial charge >= 0.3 is 0 Å². The Kier molecular flexibility index (Phi) is 3.83. The third-order valence-corrected chi connectivity index (χ3v) is 3.98. The van der Waals surface area contributed by atoms with E-state index in [1.165, 1.54) is 6.07 Å². The minimum Gasteiger partial charge on any atom is -0.507 e. The van der Waals surface area contributed by atoms with E-state index in [0.29, 0.717) is 35.6 Å². The largest absolute Gasteiger partial charge is 0.507 e. The highest BCUT2D eigenvalue weighted by molar-refractivity contribution is 6.27. The first-order valence-electron chi connectivity index (χ1n) is 7.19. The number of aldehydes is 1. The molecule has 1 aliphatic heterocycles. The Morgan fingerprint density at radius 2 is 1.96 bits per heavy atom. The van der Waals surface area contributed by atoms with Crippen LogP contribution in [-0.2, 0) is 4.74 Å². The molecule has 23 heavy (non-hydrogen) atoms. The van der Waals surface area contributed by atoms with Crippen molar-refractivity contribution in [2.45, 2.75) is 6.42 Å². The maximum absolute atomic E-state index is 12.6. The van der Waals surface area contributed by atoms with Gasteiger partial charge in [0, 0.05) is 31.2 Å². The fraction of sp³-hybridized carbons (Fsp3) is 0.235. The van der Waals surface area contributed by atoms with Crippen molar-refractivity contribution in [3.63, 3.8) is 0 Å². The van der Waals surface area contributed by atoms with Crippen LogP contribution in [0.15, 0.2) is 24.3 Å². The third-order valence-electron chi connectivity index (χ3n) is 3.98. The number of ether oxygens (including phenoxy) is 1. The number of phenols is 1. The van der Waals surface area contributed by atoms with Gasteiger partial charge in [0.25, 0.3) is 11.8 Å². The van der Waals surface area contributed by atoms with Crippen LogP contribution >= 0.6 is 0 Å². The van der Waals surface area contributed by atoms with Gasteiger partial charge in [-0.25, -0.2) is 0 Å². The number of aromatic hydroxyl groups is 1. The molecule has 0 radical (unpaired) electrons. The number of methoxy groups -OCH3 is 1. The van der Waals surface area contributed by atoms with Gasteiger partial charge in [0.05, 0.1) is 11.1 Å². The minimum atomic E-state index is -0.470. The van der Waals surface area contributed by atoms with Crippen molar-refractivity contribution >= 4 is 28.9 Å². The van der Waals surface area contributed by atoms with Crippen LogP contribution < -0.4 is 0 Å². The second kappa shape index (κ2) is 5.81. The molecule has 0 aliphatic carbocycles. The highest BCUT2D eigenvalue weighted by Gasteiger charge is 2.33. The van der Waals surface area contributed by atoms with Crippen LogP contribution in [0.3, 0.4) is 0 Å². The molecule has 3 rings (SSSR count). The topological polar surface area (TPSA) is 83.9 Å². The van der Waals surface area contributed by atoms with E-state index < -0.39 is 11.8 Å². The summed E-state index contributed by atoms with van der Waals surface area (Å²) in [5.41, 5.74) is 0.673. The van der Waals surface area contributed by atoms with Gasteiger partial charge in [-0.1, -0.05) is 12.1 Å². The number of phenolic OH excluding ortho intramolecular Hbond substituents is 1. The number of amides is 2. The Labute approximate surface area is 132 Å². The lowest BCUT2D eigenvalue weighted by molar-refractivity contribution is 0.0594. The van der Waals surface area contributed by atoms with Gasteiger partial charge in [-0.15, -0.1) is 0 Å². The molecular weight excluding hydrogens is 298 g/mol. The number of benzene rings is 2. The van der Waals surface area contributed by atoms with Crippen molar-refractivity contribution < 1.29 is 24.2 Å². The molecule has 0 aromatic heterocycles. The number of carbonyl (C=O) groups is 3. The molecular formula is C17H15NO5. The smallest absolute Gasteiger partial charge is 0.261 e. The van der Waals surface area contributed by atoms with Crippen LogP contribution in [-0.4, -0.2) is 48.4 Å². The van der Waals surface area contributed by atoms with Crippen molar-refractivity contribution in [1.29, 1.82) is 0 Å². The fourth-order valence-corrected chi connectivity index (χ4v) is 2.92. The molecule has 6 nitrogen and oxygen atoms in total. The molecule has 1 N–H and O–H groups in total. The molecule has 2 aromatic carbocycles. The summed E-state index contributed by atoms with van der Waals surface area (Å²) >= 11 is 0. The summed E-state index contributed by atoms with van der Waals surface area (Å²) in [6.07, 6.45) is 1.05. The van der Waals surface area contributed by atoms with E-state index in [-0.39, 0.29) is 23.4 Å². The molecule has 0 atom stereocenters. The molecule has 118 valence electrons. The van der Waals surface area contributed by atoms with Gasteiger partial charge in [0.15, 0.2) is 6.29 Å². The van der Waals surface area contributed by atoms with Crippen molar-refractivity contribution in [1.82, 2.24) is 4.90 Å². The number of imide groups is 1. The Balaban J connectivity index is 2.19. The van der Waals surface area contributed by atoms with E-state index in [1.807, 2.05) is 0 Å². The third kappa shape index (κ3) is 2.27. The number of carbonyl (C=O) groups excluding carboxylic acids is 3. The summed E-state index contributed by atoms with van der Waals surface area (Å²) < 4.78 is 4.95. The van der Waals surface area contributed by atoms with Gasteiger partial charge in [-0.2, -0.15) is 0 Å². The summed E-state index contributed by atoms with van der Waals surface area (Å²) in [6, 6.07) is 6.13. The summed E-state index contributed by atoms with van der Waals surface area (Å²) in [4.78, 5) is 37.6. The summed E-state index contributed by atoms with van der Waals surface area (Å²) in [5, 5.41) is 10.8. The van der Waals surface area contributed by atoms with Crippen LogP contribution in [0.25, 0.3) is 10.8 Å². The monoisotopic (exact) mass is 313 g/mol. The Bertz CT molecular complexity index is 827. The standard InChI is InChI=1S/C17H15NO5/c1-23-7-3-6-18-16(21)11-5-2-4-10-13(9-19)14(20)8-12(15(10)11)17(18)22/h2,4-5,8-9,20H,3,6-7H2,1H3. The van der Waals surface area contributed by atoms with E-state index in [0.717, 1.165) is 4.90 Å². The zero-order valence-electron chi connectivity index (χ0n) is 12.5. The van der Waals surface area contributed by atoms with Crippen LogP contribution in [0.1, 0.15) is 37.5 Å². The maximum atomic E-state index is 12.6. The Morgan fingerprint density at radius 3 is 2.65 bits per heavy atom. The SMILES string of the molecule is COCCCN1C(=O)c2cccc3c(C=O)c(O)cc(c23)C1=O. The van der Waals surface area contributed by atoms with Crippen LogP contribution in [0.4, 0.5) is 0 Å². The zero-order valence-corrected chi connectivity index (χ0v) is 12.5. The van der Waals surface area contributed by atoms with Gasteiger partial charge in [-0.3, -0.25) is 19.3 Å². The molecule has 0 spiro atoms. The minimum absolute atomic E-state index is 0.0824. The number of hydrogen-bond acceptors (Lipinski definition) is 5. The fourth-order valence-electron chi connectivity index (χ4n) is 2.92. The first kappa shape index (κ1) is 15.2. The Morgan fingerprint density at radius 1 is 1.22 bits per heavy atom. The first-order chi connectivity index (χ1) is 11.1. The number of hydrogen-bond donors (Lipinski definition) is 1. The van der Waals surface area contributed by atoms with Gasteiger partial charge < -0.3 is 9.84 Å². The molecule has 0 bridgehead atoms. The van der Waals surface area contributed by atoms with Crippen molar-refractivity contribution in [3.05, 3.63) is 41.0 Å². The average molecular weight is 313 g/mol. The predicted molar refractivity (Wildman–Crippen MR) is 82.9 cm³/mol. The van der Waals surface area contributed by atoms with Crippen LogP contribution in [0, 0.1) is 0 Å². The number of nitrogens with zero attached hydrogens (tertiary/aromatic N) is 1. The highest BCUT2D eigenvalue weighted by atomic mass is 16.5. The normalized spacial score (nSPS) is 13.7. The molecule has 6 heteroatoms. The van der Waals surface area contributed by atoms with Gasteiger partial charge in [-0.05, 0) is 23.9 Å². The van der Waals surface area contributed by atoms with E-state index in [9.17, 15) is 19.5 Å². The predicted octanol–water partition coefficient (Wildman–Crippen LogP) is 1.99. The van der Waals surface area contributed by atoms with E-state index >= 15 is 0 Å². The lowest BCUT2D eigenvalue weighted by Crippen LogP contribution is -2.41. The first-order valence-corrected chi connectivity index (χ1v) is 7.19. The van der Waals surface area contributed by atoms with Crippen LogP contribution in [0.2, 0.25) is 0 Å². The van der Waals surface area contributed by atoms with Gasteiger partial charge in [0.1, 0.15) is 5.75 Å². The molecule has 0 saturated carbocycles. The van der Waals surface area contributed by atoms with E-state index in [2.05, 4.69) is 0 Å². The Hall–Kier alpha value is -2.73. The highest BCUT2D eigenvalue weighted by Crippen LogP contribution is 2.35. The summed E-state index contributed by atoms with van der Waals surface area (Å²) in [6.45, 7) is 0.668. The molecule has 1 aliphatic rings. The van der Waals surface area contributed by atoms with Crippen LogP contribution in [0.5, 0.6) is 5.75 Å². The van der Waals surface area contributed by atoms with E-state index in [4.69, 9.17) is 4.74 Å². The quantitative estimate of drug-likeness (QED) is 0.518. The molecule has 0 fully saturated rings. The molecule has 1 heterocycles. The molecule has 0 saturated heterocycles. The molecule has 2 amide bonds. The van der Waals surface area contributed by atoms with E-state index in [1.54, 1.807) is 25.3 Å². The average Bonchev–Trinajstić information content (AvgIpc) is 2.55. The van der Waals surface area contributed by atoms with Gasteiger partial charge in [0.2, 0.25) is 0 Å². The second-order valence-corrected chi connectivity index (χ2v) is 5.31. The second-order valence-electron chi connectivity index (χ2n) is 5.31. The zero-order chi connectivity index (χ0) is 16.6. The van der Waals surface area contributed by atoms with Crippen molar-refractivity contribution in [2.24, 2.45) is 0 Å².